The predicted octanol–water partition coefficient (Wildman–Crippen LogP) is 3.94. The van der Waals surface area contributed by atoms with Crippen LogP contribution in [-0.2, 0) is 5.88 Å². The molecule has 84 valence electrons. The van der Waals surface area contributed by atoms with E-state index in [1.165, 1.54) is 0 Å². The maximum Gasteiger partial charge on any atom is 0.145 e. The molecule has 0 aliphatic rings. The standard InChI is InChI=1S/C12H11Cl2NO/c1-7-9(6-13)11(14)8-4-3-5-10(16-2)12(8)15-7/h3-5H,6H2,1-2H3. The van der Waals surface area contributed by atoms with Gasteiger partial charge in [0.15, 0.2) is 0 Å². The normalized spacial score (nSPS) is 10.8. The van der Waals surface area contributed by atoms with Gasteiger partial charge < -0.3 is 4.74 Å². The Hall–Kier alpha value is -0.990. The number of rotatable bonds is 2. The van der Waals surface area contributed by atoms with E-state index in [1.807, 2.05) is 25.1 Å². The Morgan fingerprint density at radius 2 is 2.12 bits per heavy atom. The van der Waals surface area contributed by atoms with E-state index >= 15 is 0 Å². The van der Waals surface area contributed by atoms with Gasteiger partial charge >= 0.3 is 0 Å². The highest BCUT2D eigenvalue weighted by atomic mass is 35.5. The van der Waals surface area contributed by atoms with Crippen molar-refractivity contribution >= 4 is 34.1 Å². The first-order chi connectivity index (χ1) is 7.69. The van der Waals surface area contributed by atoms with E-state index < -0.39 is 0 Å². The number of aromatic nitrogens is 1. The highest BCUT2D eigenvalue weighted by molar-refractivity contribution is 6.37. The Morgan fingerprint density at radius 1 is 1.38 bits per heavy atom. The number of methoxy groups -OCH3 is 1. The van der Waals surface area contributed by atoms with Gasteiger partial charge in [0.1, 0.15) is 11.3 Å². The van der Waals surface area contributed by atoms with Crippen molar-refractivity contribution in [1.82, 2.24) is 4.98 Å². The van der Waals surface area contributed by atoms with Crippen LogP contribution < -0.4 is 4.74 Å². The van der Waals surface area contributed by atoms with Gasteiger partial charge in [0.25, 0.3) is 0 Å². The number of alkyl halides is 1. The number of halogens is 2. The first-order valence-electron chi connectivity index (χ1n) is 4.86. The van der Waals surface area contributed by atoms with Crippen molar-refractivity contribution in [2.45, 2.75) is 12.8 Å². The fourth-order valence-electron chi connectivity index (χ4n) is 1.69. The molecule has 16 heavy (non-hydrogen) atoms. The highest BCUT2D eigenvalue weighted by Gasteiger charge is 2.12. The number of ether oxygens (including phenoxy) is 1. The minimum absolute atomic E-state index is 0.366. The lowest BCUT2D eigenvalue weighted by Crippen LogP contribution is -1.95. The first kappa shape index (κ1) is 11.5. The van der Waals surface area contributed by atoms with Crippen LogP contribution in [0.4, 0.5) is 0 Å². The largest absolute Gasteiger partial charge is 0.494 e. The molecule has 0 spiro atoms. The second-order valence-corrected chi connectivity index (χ2v) is 4.13. The van der Waals surface area contributed by atoms with Gasteiger partial charge in [0.05, 0.1) is 18.0 Å². The molecule has 2 nitrogen and oxygen atoms in total. The van der Waals surface area contributed by atoms with Gasteiger partial charge in [-0.25, -0.2) is 4.98 Å². The number of benzene rings is 1. The third-order valence-electron chi connectivity index (χ3n) is 2.57. The number of pyridine rings is 1. The summed E-state index contributed by atoms with van der Waals surface area (Å²) in [7, 11) is 1.62. The van der Waals surface area contributed by atoms with Crippen molar-refractivity contribution in [3.05, 3.63) is 34.5 Å². The summed E-state index contributed by atoms with van der Waals surface area (Å²) < 4.78 is 5.26. The molecule has 0 radical (unpaired) electrons. The van der Waals surface area contributed by atoms with Crippen LogP contribution >= 0.6 is 23.2 Å². The van der Waals surface area contributed by atoms with Crippen molar-refractivity contribution in [3.8, 4) is 5.75 Å². The van der Waals surface area contributed by atoms with Crippen LogP contribution in [0.25, 0.3) is 10.9 Å². The van der Waals surface area contributed by atoms with Gasteiger partial charge in [-0.05, 0) is 13.0 Å². The Labute approximate surface area is 104 Å². The molecule has 0 aliphatic heterocycles. The average molecular weight is 256 g/mol. The molecule has 0 saturated heterocycles. The molecule has 0 atom stereocenters. The van der Waals surface area contributed by atoms with Gasteiger partial charge in [-0.15, -0.1) is 11.6 Å². The molecule has 1 aromatic carbocycles. The molecule has 0 bridgehead atoms. The Bertz CT molecular complexity index is 540. The fourth-order valence-corrected chi connectivity index (χ4v) is 2.44. The summed E-state index contributed by atoms with van der Waals surface area (Å²) in [6.45, 7) is 1.90. The summed E-state index contributed by atoms with van der Waals surface area (Å²) in [5.74, 6) is 1.09. The van der Waals surface area contributed by atoms with E-state index in [0.29, 0.717) is 10.9 Å². The van der Waals surface area contributed by atoms with Crippen molar-refractivity contribution in [1.29, 1.82) is 0 Å². The molecule has 4 heteroatoms. The van der Waals surface area contributed by atoms with Crippen LogP contribution in [0.15, 0.2) is 18.2 Å². The first-order valence-corrected chi connectivity index (χ1v) is 5.78. The molecule has 0 aliphatic carbocycles. The molecule has 2 rings (SSSR count). The monoisotopic (exact) mass is 255 g/mol. The zero-order valence-electron chi connectivity index (χ0n) is 9.05. The molecule has 1 heterocycles. The summed E-state index contributed by atoms with van der Waals surface area (Å²) in [5.41, 5.74) is 2.50. The van der Waals surface area contributed by atoms with Crippen molar-refractivity contribution in [3.63, 3.8) is 0 Å². The Kier molecular flexibility index (Phi) is 3.22. The molecule has 0 fully saturated rings. The maximum atomic E-state index is 6.30. The summed E-state index contributed by atoms with van der Waals surface area (Å²) in [4.78, 5) is 4.48. The number of para-hydroxylation sites is 1. The average Bonchev–Trinajstić information content (AvgIpc) is 2.29. The summed E-state index contributed by atoms with van der Waals surface area (Å²) in [6, 6.07) is 5.68. The van der Waals surface area contributed by atoms with E-state index in [4.69, 9.17) is 27.9 Å². The fraction of sp³-hybridized carbons (Fsp3) is 0.250. The third kappa shape index (κ3) is 1.72. The lowest BCUT2D eigenvalue weighted by Gasteiger charge is -2.10. The minimum Gasteiger partial charge on any atom is -0.494 e. The van der Waals surface area contributed by atoms with Gasteiger partial charge in [-0.2, -0.15) is 0 Å². The maximum absolute atomic E-state index is 6.30. The smallest absolute Gasteiger partial charge is 0.145 e. The summed E-state index contributed by atoms with van der Waals surface area (Å²) in [6.07, 6.45) is 0. The van der Waals surface area contributed by atoms with Crippen LogP contribution in [0.2, 0.25) is 5.02 Å². The van der Waals surface area contributed by atoms with E-state index in [1.54, 1.807) is 7.11 Å². The number of hydrogen-bond acceptors (Lipinski definition) is 2. The minimum atomic E-state index is 0.366. The zero-order chi connectivity index (χ0) is 11.7. The van der Waals surface area contributed by atoms with Gasteiger partial charge in [-0.3, -0.25) is 0 Å². The number of fused-ring (bicyclic) bond motifs is 1. The molecule has 0 unspecified atom stereocenters. The van der Waals surface area contributed by atoms with Crippen LogP contribution in [0, 0.1) is 6.92 Å². The second kappa shape index (κ2) is 4.48. The highest BCUT2D eigenvalue weighted by Crippen LogP contribution is 2.33. The van der Waals surface area contributed by atoms with Crippen molar-refractivity contribution < 1.29 is 4.74 Å². The number of aryl methyl sites for hydroxylation is 1. The number of nitrogens with zero attached hydrogens (tertiary/aromatic N) is 1. The second-order valence-electron chi connectivity index (χ2n) is 3.48. The lowest BCUT2D eigenvalue weighted by atomic mass is 10.1. The summed E-state index contributed by atoms with van der Waals surface area (Å²) in [5, 5.41) is 1.54. The molecule has 0 amide bonds. The quantitative estimate of drug-likeness (QED) is 0.759. The lowest BCUT2D eigenvalue weighted by molar-refractivity contribution is 0.419. The number of hydrogen-bond donors (Lipinski definition) is 0. The topological polar surface area (TPSA) is 22.1 Å². The van der Waals surface area contributed by atoms with Gasteiger partial charge in [-0.1, -0.05) is 23.7 Å². The SMILES string of the molecule is COc1cccc2c(Cl)c(CCl)c(C)nc12. The molecule has 2 aromatic rings. The van der Waals surface area contributed by atoms with Crippen molar-refractivity contribution in [2.75, 3.05) is 7.11 Å². The molecular formula is C12H11Cl2NO. The summed E-state index contributed by atoms with van der Waals surface area (Å²) >= 11 is 12.2. The van der Waals surface area contributed by atoms with Crippen LogP contribution in [0.1, 0.15) is 11.3 Å². The molecular weight excluding hydrogens is 245 g/mol. The van der Waals surface area contributed by atoms with Gasteiger partial charge in [0.2, 0.25) is 0 Å². The van der Waals surface area contributed by atoms with Crippen molar-refractivity contribution in [2.24, 2.45) is 0 Å². The molecule has 0 N–H and O–H groups in total. The van der Waals surface area contributed by atoms with E-state index in [-0.39, 0.29) is 0 Å². The van der Waals surface area contributed by atoms with Crippen LogP contribution in [0.5, 0.6) is 5.75 Å². The Balaban J connectivity index is 2.86. The molecule has 1 aromatic heterocycles. The van der Waals surface area contributed by atoms with Gasteiger partial charge in [0, 0.05) is 16.6 Å². The van der Waals surface area contributed by atoms with Crippen LogP contribution in [-0.4, -0.2) is 12.1 Å². The molecule has 0 saturated carbocycles. The van der Waals surface area contributed by atoms with E-state index in [2.05, 4.69) is 4.98 Å². The zero-order valence-corrected chi connectivity index (χ0v) is 10.6. The third-order valence-corrected chi connectivity index (χ3v) is 3.27. The predicted molar refractivity (Wildman–Crippen MR) is 67.6 cm³/mol. The van der Waals surface area contributed by atoms with Crippen LogP contribution in [0.3, 0.4) is 0 Å². The van der Waals surface area contributed by atoms with E-state index in [0.717, 1.165) is 27.9 Å². The Morgan fingerprint density at radius 3 is 2.75 bits per heavy atom. The van der Waals surface area contributed by atoms with E-state index in [9.17, 15) is 0 Å².